The molecule has 4 rings (SSSR count). The Labute approximate surface area is 185 Å². The van der Waals surface area contributed by atoms with E-state index in [2.05, 4.69) is 10.3 Å². The number of piperidine rings is 1. The summed E-state index contributed by atoms with van der Waals surface area (Å²) in [6, 6.07) is 10.3. The first-order chi connectivity index (χ1) is 14.9. The van der Waals surface area contributed by atoms with E-state index in [0.29, 0.717) is 43.6 Å². The fourth-order valence-corrected chi connectivity index (χ4v) is 4.37. The quantitative estimate of drug-likeness (QED) is 0.575. The second kappa shape index (κ2) is 8.64. The van der Waals surface area contributed by atoms with Gasteiger partial charge >= 0.3 is 5.97 Å². The maximum Gasteiger partial charge on any atom is 0.337 e. The zero-order chi connectivity index (χ0) is 22.0. The molecule has 2 fully saturated rings. The van der Waals surface area contributed by atoms with Crippen LogP contribution in [0.5, 0.6) is 0 Å². The van der Waals surface area contributed by atoms with Gasteiger partial charge in [0.15, 0.2) is 0 Å². The van der Waals surface area contributed by atoms with Gasteiger partial charge in [0.2, 0.25) is 5.91 Å². The summed E-state index contributed by atoms with van der Waals surface area (Å²) in [5.74, 6) is -0.458. The van der Waals surface area contributed by atoms with E-state index in [-0.39, 0.29) is 23.5 Å². The third kappa shape index (κ3) is 4.26. The highest BCUT2D eigenvalue weighted by molar-refractivity contribution is 6.29. The molecule has 2 aromatic rings. The predicted molar refractivity (Wildman–Crippen MR) is 113 cm³/mol. The Kier molecular flexibility index (Phi) is 5.93. The molecule has 1 aromatic carbocycles. The second-order valence-electron chi connectivity index (χ2n) is 7.71. The van der Waals surface area contributed by atoms with Crippen molar-refractivity contribution in [1.29, 1.82) is 0 Å². The number of rotatable bonds is 4. The topological polar surface area (TPSA) is 91.8 Å². The van der Waals surface area contributed by atoms with Crippen LogP contribution in [0, 0.1) is 0 Å². The Morgan fingerprint density at radius 2 is 1.87 bits per heavy atom. The molecule has 8 nitrogen and oxygen atoms in total. The van der Waals surface area contributed by atoms with Gasteiger partial charge in [-0.1, -0.05) is 23.7 Å². The molecule has 0 bridgehead atoms. The summed E-state index contributed by atoms with van der Waals surface area (Å²) in [6.07, 6.45) is 2.78. The average Bonchev–Trinajstić information content (AvgIpc) is 3.09. The number of ether oxygens (including phenoxy) is 1. The molecule has 2 aliphatic rings. The molecule has 3 heterocycles. The molecule has 0 saturated carbocycles. The molecule has 31 heavy (non-hydrogen) atoms. The first-order valence-corrected chi connectivity index (χ1v) is 10.4. The smallest absolute Gasteiger partial charge is 0.337 e. The van der Waals surface area contributed by atoms with Crippen molar-refractivity contribution in [3.63, 3.8) is 0 Å². The maximum absolute atomic E-state index is 12.8. The molecule has 0 atom stereocenters. The van der Waals surface area contributed by atoms with Crippen LogP contribution in [0.25, 0.3) is 0 Å². The van der Waals surface area contributed by atoms with Gasteiger partial charge in [0.25, 0.3) is 5.91 Å². The Bertz CT molecular complexity index is 1000. The number of hydrogen-bond acceptors (Lipinski definition) is 6. The lowest BCUT2D eigenvalue weighted by Gasteiger charge is -2.44. The molecule has 9 heteroatoms. The average molecular weight is 443 g/mol. The second-order valence-corrected chi connectivity index (χ2v) is 8.10. The van der Waals surface area contributed by atoms with Gasteiger partial charge in [-0.25, -0.2) is 9.78 Å². The number of methoxy groups -OCH3 is 1. The summed E-state index contributed by atoms with van der Waals surface area (Å²) in [4.78, 5) is 44.6. The number of likely N-dealkylation sites (tertiary alicyclic amines) is 1. The van der Waals surface area contributed by atoms with Crippen LogP contribution in [0.3, 0.4) is 0 Å². The first-order valence-electron chi connectivity index (χ1n) is 10.1. The summed E-state index contributed by atoms with van der Waals surface area (Å²) in [7, 11) is 1.34. The van der Waals surface area contributed by atoms with Crippen molar-refractivity contribution in [1.82, 2.24) is 20.1 Å². The minimum atomic E-state index is -0.481. The largest absolute Gasteiger partial charge is 0.465 e. The van der Waals surface area contributed by atoms with Gasteiger partial charge in [-0.15, -0.1) is 0 Å². The number of aromatic nitrogens is 1. The SMILES string of the molecule is COC(=O)c1ccc(CN2C(=O)CNC23CCN(C(=O)c2ccnc(Cl)c2)CC3)cc1. The van der Waals surface area contributed by atoms with Gasteiger partial charge in [0.1, 0.15) is 5.15 Å². The van der Waals surface area contributed by atoms with Crippen LogP contribution in [0.2, 0.25) is 5.15 Å². The number of carbonyl (C=O) groups excluding carboxylic acids is 3. The van der Waals surface area contributed by atoms with E-state index in [4.69, 9.17) is 16.3 Å². The Hall–Kier alpha value is -2.97. The van der Waals surface area contributed by atoms with Crippen LogP contribution in [0.15, 0.2) is 42.6 Å². The van der Waals surface area contributed by atoms with Crippen molar-refractivity contribution in [3.8, 4) is 0 Å². The van der Waals surface area contributed by atoms with Crippen molar-refractivity contribution in [2.24, 2.45) is 0 Å². The minimum Gasteiger partial charge on any atom is -0.465 e. The van der Waals surface area contributed by atoms with Crippen LogP contribution in [0.4, 0.5) is 0 Å². The number of halogens is 1. The van der Waals surface area contributed by atoms with E-state index >= 15 is 0 Å². The zero-order valence-corrected chi connectivity index (χ0v) is 17.9. The number of nitrogens with one attached hydrogen (secondary N) is 1. The molecule has 2 amide bonds. The Morgan fingerprint density at radius 3 is 2.52 bits per heavy atom. The summed E-state index contributed by atoms with van der Waals surface area (Å²) in [5, 5.41) is 3.66. The number of nitrogens with zero attached hydrogens (tertiary/aromatic N) is 3. The highest BCUT2D eigenvalue weighted by Crippen LogP contribution is 2.32. The molecule has 1 spiro atoms. The standard InChI is InChI=1S/C22H23ClN4O4/c1-31-21(30)16-4-2-15(3-5-16)14-27-19(28)13-25-22(27)7-10-26(11-8-22)20(29)17-6-9-24-18(23)12-17/h2-6,9,12,25H,7-8,10-11,13-14H2,1H3. The lowest BCUT2D eigenvalue weighted by Crippen LogP contribution is -2.58. The van der Waals surface area contributed by atoms with Gasteiger partial charge in [0.05, 0.1) is 24.9 Å². The summed E-state index contributed by atoms with van der Waals surface area (Å²) < 4.78 is 4.73. The Morgan fingerprint density at radius 1 is 1.16 bits per heavy atom. The molecule has 2 aliphatic heterocycles. The monoisotopic (exact) mass is 442 g/mol. The molecule has 0 unspecified atom stereocenters. The van der Waals surface area contributed by atoms with E-state index in [1.54, 1.807) is 29.2 Å². The van der Waals surface area contributed by atoms with Crippen molar-refractivity contribution in [2.45, 2.75) is 25.0 Å². The number of pyridine rings is 1. The fourth-order valence-electron chi connectivity index (χ4n) is 4.20. The fraction of sp³-hybridized carbons (Fsp3) is 0.364. The number of benzene rings is 1. The molecular formula is C22H23ClN4O4. The van der Waals surface area contributed by atoms with Crippen molar-refractivity contribution in [3.05, 3.63) is 64.4 Å². The maximum atomic E-state index is 12.8. The minimum absolute atomic E-state index is 0.0257. The van der Waals surface area contributed by atoms with E-state index in [1.807, 2.05) is 17.0 Å². The van der Waals surface area contributed by atoms with E-state index in [1.165, 1.54) is 13.3 Å². The highest BCUT2D eigenvalue weighted by Gasteiger charge is 2.47. The van der Waals surface area contributed by atoms with Crippen LogP contribution >= 0.6 is 11.6 Å². The molecule has 0 aliphatic carbocycles. The van der Waals surface area contributed by atoms with Gasteiger partial charge in [-0.2, -0.15) is 0 Å². The molecule has 0 radical (unpaired) electrons. The molecule has 162 valence electrons. The molecular weight excluding hydrogens is 420 g/mol. The normalized spacial score (nSPS) is 17.8. The lowest BCUT2D eigenvalue weighted by molar-refractivity contribution is -0.132. The lowest BCUT2D eigenvalue weighted by atomic mass is 9.95. The van der Waals surface area contributed by atoms with Crippen molar-refractivity contribution in [2.75, 3.05) is 26.7 Å². The van der Waals surface area contributed by atoms with Crippen LogP contribution < -0.4 is 5.32 Å². The third-order valence-electron chi connectivity index (χ3n) is 5.95. The zero-order valence-electron chi connectivity index (χ0n) is 17.1. The van der Waals surface area contributed by atoms with Gasteiger partial charge in [-0.05, 0) is 29.8 Å². The summed E-state index contributed by atoms with van der Waals surface area (Å²) in [5.41, 5.74) is 1.42. The van der Waals surface area contributed by atoms with Crippen molar-refractivity contribution >= 4 is 29.4 Å². The molecule has 2 saturated heterocycles. The van der Waals surface area contributed by atoms with Crippen LogP contribution in [0.1, 0.15) is 39.1 Å². The van der Waals surface area contributed by atoms with Gasteiger partial charge < -0.3 is 14.5 Å². The van der Waals surface area contributed by atoms with Crippen LogP contribution in [-0.4, -0.2) is 65.0 Å². The summed E-state index contributed by atoms with van der Waals surface area (Å²) >= 11 is 5.91. The van der Waals surface area contributed by atoms with Gasteiger partial charge in [-0.3, -0.25) is 14.9 Å². The third-order valence-corrected chi connectivity index (χ3v) is 6.16. The number of carbonyl (C=O) groups is 3. The number of hydrogen-bond donors (Lipinski definition) is 1. The number of amides is 2. The van der Waals surface area contributed by atoms with E-state index < -0.39 is 11.6 Å². The highest BCUT2D eigenvalue weighted by atomic mass is 35.5. The van der Waals surface area contributed by atoms with Gasteiger partial charge in [0, 0.05) is 44.2 Å². The van der Waals surface area contributed by atoms with Crippen molar-refractivity contribution < 1.29 is 19.1 Å². The summed E-state index contributed by atoms with van der Waals surface area (Å²) in [6.45, 7) is 1.75. The predicted octanol–water partition coefficient (Wildman–Crippen LogP) is 2.09. The van der Waals surface area contributed by atoms with E-state index in [9.17, 15) is 14.4 Å². The van der Waals surface area contributed by atoms with Crippen LogP contribution in [-0.2, 0) is 16.1 Å². The number of esters is 1. The molecule has 1 N–H and O–H groups in total. The Balaban J connectivity index is 1.44. The van der Waals surface area contributed by atoms with E-state index in [0.717, 1.165) is 5.56 Å². The molecule has 1 aromatic heterocycles. The first kappa shape index (κ1) is 21.3.